The van der Waals surface area contributed by atoms with Gasteiger partial charge in [-0.15, -0.1) is 0 Å². The van der Waals surface area contributed by atoms with Gasteiger partial charge in [0.15, 0.2) is 34.9 Å². The fraction of sp³-hybridized carbons (Fsp3) is 0. The molecule has 432 valence electrons. The molecule has 0 aliphatic carbocycles. The molecule has 19 aromatic rings. The van der Waals surface area contributed by atoms with Crippen molar-refractivity contribution >= 4 is 98.4 Å². The van der Waals surface area contributed by atoms with Crippen LogP contribution in [0.5, 0.6) is 0 Å². The van der Waals surface area contributed by atoms with Crippen LogP contribution in [0.3, 0.4) is 0 Å². The van der Waals surface area contributed by atoms with E-state index < -0.39 is 0 Å². The van der Waals surface area contributed by atoms with Gasteiger partial charge in [0, 0.05) is 89.2 Å². The Labute approximate surface area is 529 Å². The van der Waals surface area contributed by atoms with Crippen molar-refractivity contribution in [3.05, 3.63) is 279 Å². The third kappa shape index (κ3) is 8.74. The molecule has 0 radical (unpaired) electrons. The van der Waals surface area contributed by atoms with Crippen molar-refractivity contribution in [2.45, 2.75) is 0 Å². The molecule has 0 fully saturated rings. The molecule has 0 N–H and O–H groups in total. The van der Waals surface area contributed by atoms with Gasteiger partial charge in [-0.3, -0.25) is 0 Å². The second kappa shape index (κ2) is 20.9. The summed E-state index contributed by atoms with van der Waals surface area (Å²) in [4.78, 5) is 40.8. The molecule has 0 saturated carbocycles. The molecule has 0 amide bonds. The standard InChI is InChI=1S/C82H46N8O3/c1-3-15-49(16-4-1)75-85-77(89-79(86-75)64-38-36-60(56-33-27-47-14-7-8-19-51(47)43-56)73-71(64)66-22-12-40-83-81(66)92-73)58-35-28-48-26-29-55(45-59(48)46-58)52-30-31-54-44-57(34-32-53(54)42-52)61-37-39-65(72-67-23-13-41-84-82(67)93-74(61)72)80-88-76(50-17-5-2-6-18-50)87-78(90-80)63-21-11-25-69-70(63)62-20-9-10-24-68(62)91-69/h1-46H. The summed E-state index contributed by atoms with van der Waals surface area (Å²) in [5, 5.41) is 12.1. The second-order valence-electron chi connectivity index (χ2n) is 23.4. The van der Waals surface area contributed by atoms with Gasteiger partial charge in [0.05, 0.1) is 0 Å². The molecule has 11 heteroatoms. The van der Waals surface area contributed by atoms with Crippen LogP contribution in [0, 0.1) is 0 Å². The first-order chi connectivity index (χ1) is 46.0. The van der Waals surface area contributed by atoms with Crippen LogP contribution in [0.1, 0.15) is 0 Å². The van der Waals surface area contributed by atoms with Gasteiger partial charge >= 0.3 is 0 Å². The van der Waals surface area contributed by atoms with Crippen molar-refractivity contribution in [2.24, 2.45) is 0 Å². The molecule has 0 saturated heterocycles. The van der Waals surface area contributed by atoms with Gasteiger partial charge in [0.1, 0.15) is 22.3 Å². The molecule has 7 aromatic heterocycles. The van der Waals surface area contributed by atoms with E-state index in [2.05, 4.69) is 163 Å². The number of pyridine rings is 2. The van der Waals surface area contributed by atoms with Crippen molar-refractivity contribution in [3.63, 3.8) is 0 Å². The van der Waals surface area contributed by atoms with Crippen molar-refractivity contribution in [1.29, 1.82) is 0 Å². The number of fused-ring (bicyclic) bond motifs is 12. The summed E-state index contributed by atoms with van der Waals surface area (Å²) in [5.41, 5.74) is 15.2. The van der Waals surface area contributed by atoms with Crippen LogP contribution in [0.25, 0.3) is 200 Å². The van der Waals surface area contributed by atoms with Crippen LogP contribution in [0.2, 0.25) is 0 Å². The van der Waals surface area contributed by atoms with Crippen LogP contribution in [0.4, 0.5) is 0 Å². The quantitative estimate of drug-likeness (QED) is 0.136. The molecule has 11 nitrogen and oxygen atoms in total. The molecule has 19 rings (SSSR count). The average molecular weight is 1190 g/mol. The number of furan rings is 3. The maximum absolute atomic E-state index is 6.78. The topological polar surface area (TPSA) is 143 Å². The van der Waals surface area contributed by atoms with Crippen molar-refractivity contribution in [2.75, 3.05) is 0 Å². The van der Waals surface area contributed by atoms with Crippen molar-refractivity contribution in [3.8, 4) is 102 Å². The summed E-state index contributed by atoms with van der Waals surface area (Å²) in [5.74, 6) is 3.26. The molecule has 0 aliphatic rings. The smallest absolute Gasteiger partial charge is 0.227 e. The highest BCUT2D eigenvalue weighted by molar-refractivity contribution is 6.17. The predicted molar refractivity (Wildman–Crippen MR) is 372 cm³/mol. The highest BCUT2D eigenvalue weighted by Crippen LogP contribution is 2.45. The van der Waals surface area contributed by atoms with E-state index in [0.29, 0.717) is 52.0 Å². The minimum Gasteiger partial charge on any atom is -0.456 e. The Bertz CT molecular complexity index is 6280. The third-order valence-electron chi connectivity index (χ3n) is 17.9. The van der Waals surface area contributed by atoms with Crippen molar-refractivity contribution < 1.29 is 13.3 Å². The Hall–Kier alpha value is -12.9. The van der Waals surface area contributed by atoms with E-state index in [1.54, 1.807) is 12.4 Å². The number of benzene rings is 12. The zero-order chi connectivity index (χ0) is 61.1. The summed E-state index contributed by atoms with van der Waals surface area (Å²) < 4.78 is 19.8. The lowest BCUT2D eigenvalue weighted by Crippen LogP contribution is -2.01. The van der Waals surface area contributed by atoms with Gasteiger partial charge in [-0.05, 0) is 146 Å². The van der Waals surface area contributed by atoms with Crippen LogP contribution < -0.4 is 0 Å². The summed E-state index contributed by atoms with van der Waals surface area (Å²) in [6.45, 7) is 0. The first-order valence-corrected chi connectivity index (χ1v) is 30.8. The Balaban J connectivity index is 0.688. The zero-order valence-corrected chi connectivity index (χ0v) is 49.4. The minimum atomic E-state index is 0.512. The fourth-order valence-electron chi connectivity index (χ4n) is 13.4. The highest BCUT2D eigenvalue weighted by Gasteiger charge is 2.25. The molecule has 0 aliphatic heterocycles. The monoisotopic (exact) mass is 1190 g/mol. The van der Waals surface area contributed by atoms with Crippen molar-refractivity contribution in [1.82, 2.24) is 39.9 Å². The Kier molecular flexibility index (Phi) is 11.7. The van der Waals surface area contributed by atoms with Crippen LogP contribution in [-0.2, 0) is 0 Å². The van der Waals surface area contributed by atoms with E-state index >= 15 is 0 Å². The Morgan fingerprint density at radius 1 is 0.215 bits per heavy atom. The molecular formula is C82H46N8O3. The Morgan fingerprint density at radius 3 is 1.22 bits per heavy atom. The third-order valence-corrected chi connectivity index (χ3v) is 17.9. The van der Waals surface area contributed by atoms with Crippen LogP contribution >= 0.6 is 0 Å². The molecule has 0 spiro atoms. The fourth-order valence-corrected chi connectivity index (χ4v) is 13.4. The van der Waals surface area contributed by atoms with Gasteiger partial charge < -0.3 is 13.3 Å². The summed E-state index contributed by atoms with van der Waals surface area (Å²) >= 11 is 0. The normalized spacial score (nSPS) is 11.9. The van der Waals surface area contributed by atoms with Gasteiger partial charge in [0.25, 0.3) is 0 Å². The second-order valence-corrected chi connectivity index (χ2v) is 23.4. The number of hydrogen-bond donors (Lipinski definition) is 0. The predicted octanol–water partition coefficient (Wildman–Crippen LogP) is 21.0. The maximum atomic E-state index is 6.78. The molecular weight excluding hydrogens is 1140 g/mol. The number of para-hydroxylation sites is 1. The molecule has 12 aromatic carbocycles. The summed E-state index contributed by atoms with van der Waals surface area (Å²) in [6, 6.07) is 91.8. The first kappa shape index (κ1) is 52.1. The van der Waals surface area contributed by atoms with E-state index in [1.807, 2.05) is 109 Å². The van der Waals surface area contributed by atoms with Gasteiger partial charge in [-0.2, -0.15) is 0 Å². The largest absolute Gasteiger partial charge is 0.456 e. The Morgan fingerprint density at radius 2 is 0.613 bits per heavy atom. The van der Waals surface area contributed by atoms with E-state index in [9.17, 15) is 0 Å². The van der Waals surface area contributed by atoms with E-state index in [0.717, 1.165) is 143 Å². The minimum absolute atomic E-state index is 0.512. The summed E-state index contributed by atoms with van der Waals surface area (Å²) in [6.07, 6.45) is 3.52. The number of aromatic nitrogens is 8. The number of hydrogen-bond acceptors (Lipinski definition) is 11. The molecule has 0 bridgehead atoms. The molecule has 7 heterocycles. The zero-order valence-electron chi connectivity index (χ0n) is 49.4. The SMILES string of the molecule is c1ccc(-c2nc(-c3ccc4ccc(-c5ccc6cc(-c7ccc(-c8nc(-c9ccccc9)nc(-c9cccc%10oc%11ccccc%11c9%10)n8)c8c7oc7ncccc78)ccc6c5)cc4c3)nc(-c3ccc(-c4ccc5ccccc5c4)c4oc5ncccc5c34)n2)cc1. The van der Waals surface area contributed by atoms with Gasteiger partial charge in [0.2, 0.25) is 11.4 Å². The molecule has 0 unspecified atom stereocenters. The lowest BCUT2D eigenvalue weighted by molar-refractivity contribution is 0.654. The average Bonchev–Trinajstić information content (AvgIpc) is 1.69. The lowest BCUT2D eigenvalue weighted by atomic mass is 9.94. The number of rotatable bonds is 9. The maximum Gasteiger partial charge on any atom is 0.227 e. The first-order valence-electron chi connectivity index (χ1n) is 30.8. The van der Waals surface area contributed by atoms with Gasteiger partial charge in [-0.1, -0.05) is 176 Å². The highest BCUT2D eigenvalue weighted by atomic mass is 16.3. The van der Waals surface area contributed by atoms with Gasteiger partial charge in [-0.25, -0.2) is 39.9 Å². The van der Waals surface area contributed by atoms with E-state index in [-0.39, 0.29) is 0 Å². The van der Waals surface area contributed by atoms with E-state index in [4.69, 9.17) is 48.1 Å². The number of nitrogens with zero attached hydrogens (tertiary/aromatic N) is 8. The molecule has 93 heavy (non-hydrogen) atoms. The van der Waals surface area contributed by atoms with E-state index in [1.165, 1.54) is 5.39 Å². The van der Waals surface area contributed by atoms with Crippen LogP contribution in [0.15, 0.2) is 293 Å². The summed E-state index contributed by atoms with van der Waals surface area (Å²) in [7, 11) is 0. The molecule has 0 atom stereocenters. The van der Waals surface area contributed by atoms with Crippen LogP contribution in [-0.4, -0.2) is 39.9 Å². The lowest BCUT2D eigenvalue weighted by Gasteiger charge is -2.12.